The Morgan fingerprint density at radius 3 is 2.56 bits per heavy atom. The average molecular weight is 560 g/mol. The fourth-order valence-corrected chi connectivity index (χ4v) is 4.80. The number of amides is 1. The minimum atomic E-state index is -0.170. The van der Waals surface area contributed by atoms with Gasteiger partial charge < -0.3 is 24.6 Å². The maximum atomic E-state index is 12.9. The summed E-state index contributed by atoms with van der Waals surface area (Å²) >= 11 is 0. The summed E-state index contributed by atoms with van der Waals surface area (Å²) in [7, 11) is 3.44. The predicted octanol–water partition coefficient (Wildman–Crippen LogP) is 2.82. The normalized spacial score (nSPS) is 14.3. The summed E-state index contributed by atoms with van der Waals surface area (Å²) in [6.07, 6.45) is 4.89. The van der Waals surface area contributed by atoms with E-state index in [0.29, 0.717) is 30.0 Å². The van der Waals surface area contributed by atoms with E-state index in [4.69, 9.17) is 14.7 Å². The van der Waals surface area contributed by atoms with Crippen molar-refractivity contribution in [3.63, 3.8) is 0 Å². The summed E-state index contributed by atoms with van der Waals surface area (Å²) in [6, 6.07) is 13.2. The number of anilines is 2. The van der Waals surface area contributed by atoms with Crippen molar-refractivity contribution >= 4 is 17.4 Å². The van der Waals surface area contributed by atoms with Crippen LogP contribution < -0.4 is 20.5 Å². The number of carbonyl (C=O) groups excluding carboxylic acids is 1. The van der Waals surface area contributed by atoms with Crippen molar-refractivity contribution in [3.8, 4) is 11.8 Å². The quantitative estimate of drug-likeness (QED) is 0.377. The van der Waals surface area contributed by atoms with Crippen LogP contribution in [0, 0.1) is 18.3 Å². The largest absolute Gasteiger partial charge is 0.497 e. The second-order valence-corrected chi connectivity index (χ2v) is 10.3. The van der Waals surface area contributed by atoms with Gasteiger partial charge in [0.1, 0.15) is 24.2 Å². The molecule has 216 valence electrons. The van der Waals surface area contributed by atoms with Gasteiger partial charge in [-0.2, -0.15) is 10.4 Å². The maximum absolute atomic E-state index is 12.9. The van der Waals surface area contributed by atoms with Crippen LogP contribution in [0.25, 0.3) is 0 Å². The van der Waals surface area contributed by atoms with E-state index >= 15 is 0 Å². The fraction of sp³-hybridized carbons (Fsp3) is 0.433. The van der Waals surface area contributed by atoms with Gasteiger partial charge in [-0.25, -0.2) is 9.67 Å². The number of benzene rings is 1. The number of nitriles is 1. The van der Waals surface area contributed by atoms with E-state index < -0.39 is 0 Å². The highest BCUT2D eigenvalue weighted by atomic mass is 16.5. The summed E-state index contributed by atoms with van der Waals surface area (Å²) in [5.41, 5.74) is 2.53. The van der Waals surface area contributed by atoms with Crippen LogP contribution in [0.3, 0.4) is 0 Å². The number of carbonyl (C=O) groups is 1. The lowest BCUT2D eigenvalue weighted by atomic mass is 10.0. The van der Waals surface area contributed by atoms with Crippen molar-refractivity contribution in [2.75, 3.05) is 50.7 Å². The summed E-state index contributed by atoms with van der Waals surface area (Å²) < 4.78 is 12.3. The molecule has 0 bridgehead atoms. The van der Waals surface area contributed by atoms with E-state index in [1.165, 1.54) is 4.68 Å². The Hall–Kier alpha value is -4.43. The molecule has 1 aliphatic rings. The Morgan fingerprint density at radius 1 is 1.20 bits per heavy atom. The Bertz CT molecular complexity index is 1410. The molecule has 4 rings (SSSR count). The average Bonchev–Trinajstić information content (AvgIpc) is 3.01. The lowest BCUT2D eigenvalue weighted by Crippen LogP contribution is -2.47. The molecule has 11 nitrogen and oxygen atoms in total. The lowest BCUT2D eigenvalue weighted by Gasteiger charge is -2.37. The molecule has 0 spiro atoms. The van der Waals surface area contributed by atoms with Gasteiger partial charge in [0.15, 0.2) is 0 Å². The van der Waals surface area contributed by atoms with Gasteiger partial charge >= 0.3 is 0 Å². The first-order valence-corrected chi connectivity index (χ1v) is 13.7. The smallest absolute Gasteiger partial charge is 0.272 e. The van der Waals surface area contributed by atoms with Crippen LogP contribution in [-0.2, 0) is 16.1 Å². The number of nitrogens with one attached hydrogen (secondary N) is 1. The number of rotatable bonds is 11. The first-order valence-electron chi connectivity index (χ1n) is 13.7. The molecule has 1 fully saturated rings. The van der Waals surface area contributed by atoms with Crippen molar-refractivity contribution in [1.82, 2.24) is 19.7 Å². The highest BCUT2D eigenvalue weighted by Crippen LogP contribution is 2.21. The molecule has 1 amide bonds. The number of pyridine rings is 1. The molecule has 1 saturated heterocycles. The van der Waals surface area contributed by atoms with Crippen molar-refractivity contribution < 1.29 is 14.3 Å². The molecule has 0 saturated carbocycles. The molecule has 3 aromatic rings. The summed E-state index contributed by atoms with van der Waals surface area (Å²) in [6.45, 7) is 5.93. The standard InChI is InChI=1S/C30H37N7O4/c1-21(34-27-17-33-37(30(39)22(27)2)18-23-5-8-26(40-4)9-6-23)19-41-20-29(38)35(3)25-11-13-36(14-12-25)28-10-7-24(15-31)16-32-28/h5-10,16-17,21,25,34H,11-14,18-20H2,1-4H3/t21-/m0/s1. The van der Waals surface area contributed by atoms with Crippen LogP contribution in [0.15, 0.2) is 53.6 Å². The Balaban J connectivity index is 1.21. The first kappa shape index (κ1) is 29.6. The second-order valence-electron chi connectivity index (χ2n) is 10.3. The van der Waals surface area contributed by atoms with Gasteiger partial charge in [0.05, 0.1) is 37.7 Å². The molecule has 1 aliphatic heterocycles. The van der Waals surface area contributed by atoms with E-state index in [1.54, 1.807) is 37.4 Å². The minimum absolute atomic E-state index is 0.0133. The van der Waals surface area contributed by atoms with Crippen LogP contribution in [0.4, 0.5) is 11.5 Å². The van der Waals surface area contributed by atoms with Gasteiger partial charge in [-0.1, -0.05) is 12.1 Å². The minimum Gasteiger partial charge on any atom is -0.497 e. The molecule has 3 heterocycles. The van der Waals surface area contributed by atoms with E-state index in [2.05, 4.69) is 26.4 Å². The van der Waals surface area contributed by atoms with Crippen LogP contribution in [0.1, 0.15) is 36.5 Å². The molecule has 0 unspecified atom stereocenters. The zero-order chi connectivity index (χ0) is 29.4. The Kier molecular flexibility index (Phi) is 9.92. The third kappa shape index (κ3) is 7.61. The highest BCUT2D eigenvalue weighted by Gasteiger charge is 2.26. The van der Waals surface area contributed by atoms with Crippen molar-refractivity contribution in [2.24, 2.45) is 0 Å². The molecular weight excluding hydrogens is 522 g/mol. The summed E-state index contributed by atoms with van der Waals surface area (Å²) in [4.78, 5) is 34.0. The topological polar surface area (TPSA) is 126 Å². The van der Waals surface area contributed by atoms with Crippen molar-refractivity contribution in [3.05, 3.63) is 75.8 Å². The molecule has 11 heteroatoms. The van der Waals surface area contributed by atoms with Gasteiger partial charge in [-0.15, -0.1) is 0 Å². The van der Waals surface area contributed by atoms with Gasteiger partial charge in [0, 0.05) is 44.0 Å². The van der Waals surface area contributed by atoms with Gasteiger partial charge in [0.25, 0.3) is 5.56 Å². The van der Waals surface area contributed by atoms with E-state index in [-0.39, 0.29) is 30.2 Å². The fourth-order valence-electron chi connectivity index (χ4n) is 4.80. The van der Waals surface area contributed by atoms with Crippen LogP contribution >= 0.6 is 0 Å². The van der Waals surface area contributed by atoms with E-state index in [9.17, 15) is 9.59 Å². The molecule has 1 atom stereocenters. The zero-order valence-corrected chi connectivity index (χ0v) is 24.0. The number of aromatic nitrogens is 3. The van der Waals surface area contributed by atoms with E-state index in [1.807, 2.05) is 44.3 Å². The molecule has 2 aromatic heterocycles. The SMILES string of the molecule is COc1ccc(Cn2ncc(N[C@@H](C)COCC(=O)N(C)C3CCN(c4ccc(C#N)cn4)CC3)c(C)c2=O)cc1. The number of methoxy groups -OCH3 is 1. The highest BCUT2D eigenvalue weighted by molar-refractivity contribution is 5.77. The Morgan fingerprint density at radius 2 is 1.93 bits per heavy atom. The van der Waals surface area contributed by atoms with Crippen LogP contribution in [0.5, 0.6) is 5.75 Å². The molecule has 1 N–H and O–H groups in total. The first-order chi connectivity index (χ1) is 19.8. The molecular formula is C30H37N7O4. The summed E-state index contributed by atoms with van der Waals surface area (Å²) in [5, 5.41) is 16.6. The zero-order valence-electron chi connectivity index (χ0n) is 24.0. The number of piperidine rings is 1. The van der Waals surface area contributed by atoms with Crippen molar-refractivity contribution in [2.45, 2.75) is 45.3 Å². The molecule has 41 heavy (non-hydrogen) atoms. The van der Waals surface area contributed by atoms with Crippen LogP contribution in [-0.4, -0.2) is 78.1 Å². The maximum Gasteiger partial charge on any atom is 0.272 e. The number of hydrogen-bond acceptors (Lipinski definition) is 9. The molecule has 1 aromatic carbocycles. The molecule has 0 radical (unpaired) electrons. The lowest BCUT2D eigenvalue weighted by molar-refractivity contribution is -0.137. The number of ether oxygens (including phenoxy) is 2. The van der Waals surface area contributed by atoms with Crippen molar-refractivity contribution in [1.29, 1.82) is 5.26 Å². The Labute approximate surface area is 240 Å². The predicted molar refractivity (Wildman–Crippen MR) is 156 cm³/mol. The number of nitrogens with zero attached hydrogens (tertiary/aromatic N) is 6. The third-order valence-corrected chi connectivity index (χ3v) is 7.38. The van der Waals surface area contributed by atoms with Gasteiger partial charge in [-0.05, 0) is 56.5 Å². The van der Waals surface area contributed by atoms with Crippen LogP contribution in [0.2, 0.25) is 0 Å². The third-order valence-electron chi connectivity index (χ3n) is 7.38. The van der Waals surface area contributed by atoms with E-state index in [0.717, 1.165) is 43.1 Å². The van der Waals surface area contributed by atoms with Gasteiger partial charge in [0.2, 0.25) is 5.91 Å². The second kappa shape index (κ2) is 13.8. The monoisotopic (exact) mass is 559 g/mol. The van der Waals surface area contributed by atoms with Gasteiger partial charge in [-0.3, -0.25) is 9.59 Å². The number of likely N-dealkylation sites (N-methyl/N-ethyl adjacent to an activating group) is 1. The number of hydrogen-bond donors (Lipinski definition) is 1. The molecule has 0 aliphatic carbocycles. The summed E-state index contributed by atoms with van der Waals surface area (Å²) in [5.74, 6) is 1.54.